The highest BCUT2D eigenvalue weighted by atomic mass is 14.4. The van der Waals surface area contributed by atoms with Crippen molar-refractivity contribution in [3.8, 4) is 77.9 Å². The molecule has 2 aliphatic carbocycles. The highest BCUT2D eigenvalue weighted by molar-refractivity contribution is 6.30. The van der Waals surface area contributed by atoms with Crippen LogP contribution < -0.4 is 0 Å². The first-order chi connectivity index (χ1) is 34.3. The van der Waals surface area contributed by atoms with E-state index in [0.29, 0.717) is 0 Å². The van der Waals surface area contributed by atoms with E-state index in [4.69, 9.17) is 0 Å². The van der Waals surface area contributed by atoms with Crippen LogP contribution in [0.4, 0.5) is 0 Å². The first-order valence-corrected chi connectivity index (χ1v) is 24.8. The molecular formula is C70H50. The Bertz CT molecular complexity index is 4050. The van der Waals surface area contributed by atoms with Crippen molar-refractivity contribution in [2.45, 2.75) is 38.5 Å². The van der Waals surface area contributed by atoms with Gasteiger partial charge >= 0.3 is 0 Å². The van der Waals surface area contributed by atoms with Crippen molar-refractivity contribution in [3.05, 3.63) is 253 Å². The number of benzene rings is 12. The van der Waals surface area contributed by atoms with E-state index in [1.54, 1.807) is 0 Å². The molecule has 0 atom stereocenters. The van der Waals surface area contributed by atoms with E-state index in [-0.39, 0.29) is 10.8 Å². The van der Waals surface area contributed by atoms with Gasteiger partial charge in [-0.05, 0) is 167 Å². The normalized spacial score (nSPS) is 13.9. The zero-order valence-electron chi connectivity index (χ0n) is 39.9. The van der Waals surface area contributed by atoms with Crippen molar-refractivity contribution in [2.24, 2.45) is 0 Å². The van der Waals surface area contributed by atoms with E-state index >= 15 is 0 Å². The molecular weight excluding hydrogens is 841 g/mol. The number of rotatable bonds is 5. The van der Waals surface area contributed by atoms with Gasteiger partial charge in [0.1, 0.15) is 0 Å². The van der Waals surface area contributed by atoms with Gasteiger partial charge in [0.15, 0.2) is 0 Å². The fraction of sp³-hybridized carbons (Fsp3) is 0.0857. The highest BCUT2D eigenvalue weighted by Crippen LogP contribution is 2.55. The lowest BCUT2D eigenvalue weighted by Crippen LogP contribution is -2.15. The van der Waals surface area contributed by atoms with Gasteiger partial charge in [0.2, 0.25) is 0 Å². The molecule has 0 aliphatic heterocycles. The summed E-state index contributed by atoms with van der Waals surface area (Å²) in [4.78, 5) is 0. The summed E-state index contributed by atoms with van der Waals surface area (Å²) in [6.07, 6.45) is 0. The van der Waals surface area contributed by atoms with Gasteiger partial charge in [-0.25, -0.2) is 0 Å². The Labute approximate surface area is 410 Å². The van der Waals surface area contributed by atoms with Gasteiger partial charge < -0.3 is 0 Å². The molecule has 14 rings (SSSR count). The molecule has 330 valence electrons. The fourth-order valence-electron chi connectivity index (χ4n) is 12.9. The molecule has 0 heteroatoms. The van der Waals surface area contributed by atoms with Gasteiger partial charge in [-0.15, -0.1) is 0 Å². The zero-order chi connectivity index (χ0) is 46.9. The maximum atomic E-state index is 2.52. The molecule has 70 heavy (non-hydrogen) atoms. The van der Waals surface area contributed by atoms with Crippen LogP contribution in [-0.4, -0.2) is 0 Å². The Morgan fingerprint density at radius 3 is 0.971 bits per heavy atom. The SMILES string of the molecule is CC1(C)c2ccccc2-c2ccc(-c3ccc4c(c3)C(C)(C)c3cc(-c5c6ccccc6c(-c6c7ccccc7c(-c7cccc(-c8ccccc8)c7)c7ccccc67)c6ccccc56)ccc3-4)cc21. The molecule has 0 N–H and O–H groups in total. The third-order valence-corrected chi connectivity index (χ3v) is 16.3. The van der Waals surface area contributed by atoms with E-state index in [1.807, 2.05) is 0 Å². The van der Waals surface area contributed by atoms with Crippen molar-refractivity contribution >= 4 is 43.1 Å². The molecule has 0 fully saturated rings. The molecule has 0 unspecified atom stereocenters. The molecule has 0 heterocycles. The lowest BCUT2D eigenvalue weighted by atomic mass is 9.79. The monoisotopic (exact) mass is 890 g/mol. The summed E-state index contributed by atoms with van der Waals surface area (Å²) < 4.78 is 0. The Morgan fingerprint density at radius 2 is 0.500 bits per heavy atom. The molecule has 0 aromatic heterocycles. The molecule has 0 saturated carbocycles. The predicted octanol–water partition coefficient (Wildman–Crippen LogP) is 19.2. The minimum atomic E-state index is -0.200. The third kappa shape index (κ3) is 5.83. The van der Waals surface area contributed by atoms with Crippen molar-refractivity contribution < 1.29 is 0 Å². The van der Waals surface area contributed by atoms with Crippen LogP contribution in [0.2, 0.25) is 0 Å². The molecule has 0 saturated heterocycles. The number of hydrogen-bond acceptors (Lipinski definition) is 0. The summed E-state index contributed by atoms with van der Waals surface area (Å²) in [7, 11) is 0. The second kappa shape index (κ2) is 15.1. The third-order valence-electron chi connectivity index (χ3n) is 16.3. The minimum Gasteiger partial charge on any atom is -0.0622 e. The maximum absolute atomic E-state index is 2.52. The summed E-state index contributed by atoms with van der Waals surface area (Å²) in [5.41, 5.74) is 23.3. The Hall–Kier alpha value is -8.32. The van der Waals surface area contributed by atoms with Gasteiger partial charge in [0, 0.05) is 10.8 Å². The van der Waals surface area contributed by atoms with Gasteiger partial charge in [-0.3, -0.25) is 0 Å². The van der Waals surface area contributed by atoms with Crippen LogP contribution in [0.5, 0.6) is 0 Å². The Morgan fingerprint density at radius 1 is 0.200 bits per heavy atom. The average molecular weight is 891 g/mol. The first kappa shape index (κ1) is 40.7. The molecule has 12 aromatic carbocycles. The van der Waals surface area contributed by atoms with Crippen LogP contribution in [0.15, 0.2) is 231 Å². The lowest BCUT2D eigenvalue weighted by molar-refractivity contribution is 0.659. The van der Waals surface area contributed by atoms with Crippen molar-refractivity contribution in [2.75, 3.05) is 0 Å². The average Bonchev–Trinajstić information content (AvgIpc) is 3.78. The van der Waals surface area contributed by atoms with Crippen LogP contribution in [-0.2, 0) is 10.8 Å². The van der Waals surface area contributed by atoms with Crippen LogP contribution in [0.1, 0.15) is 49.9 Å². The van der Waals surface area contributed by atoms with Crippen LogP contribution in [0.3, 0.4) is 0 Å². The minimum absolute atomic E-state index is 0.0422. The topological polar surface area (TPSA) is 0 Å². The smallest absolute Gasteiger partial charge is 0.0159 e. The Kier molecular flexibility index (Phi) is 8.78. The van der Waals surface area contributed by atoms with E-state index in [9.17, 15) is 0 Å². The van der Waals surface area contributed by atoms with E-state index in [1.165, 1.54) is 143 Å². The van der Waals surface area contributed by atoms with Crippen LogP contribution >= 0.6 is 0 Å². The number of fused-ring (bicyclic) bond motifs is 10. The largest absolute Gasteiger partial charge is 0.0622 e. The second-order valence-corrected chi connectivity index (χ2v) is 20.7. The van der Waals surface area contributed by atoms with Crippen molar-refractivity contribution in [3.63, 3.8) is 0 Å². The molecule has 0 amide bonds. The van der Waals surface area contributed by atoms with E-state index in [0.717, 1.165) is 0 Å². The standard InChI is InChI=1S/C70H50/c1-69(2)61-32-17-16-23-49(61)50-36-33-45(40-62(50)69)46-34-37-51-52-38-35-48(42-64(52)70(3,4)63(51)41-46)66-55-26-10-14-30-59(55)68(60-31-15-11-27-56(60)66)67-57-28-12-8-24-53(57)65(54-25-9-13-29-58(54)67)47-22-18-21-44(39-47)43-19-6-5-7-20-43/h5-42H,1-4H3. The molecule has 0 radical (unpaired) electrons. The quantitative estimate of drug-likeness (QED) is 0.151. The molecule has 0 nitrogen and oxygen atoms in total. The summed E-state index contributed by atoms with van der Waals surface area (Å²) in [6.45, 7) is 9.58. The summed E-state index contributed by atoms with van der Waals surface area (Å²) in [5, 5.41) is 10.1. The fourth-order valence-corrected chi connectivity index (χ4v) is 12.9. The maximum Gasteiger partial charge on any atom is 0.0159 e. The van der Waals surface area contributed by atoms with Gasteiger partial charge in [0.25, 0.3) is 0 Å². The lowest BCUT2D eigenvalue weighted by Gasteiger charge is -2.24. The molecule has 0 bridgehead atoms. The van der Waals surface area contributed by atoms with Crippen LogP contribution in [0.25, 0.3) is 121 Å². The zero-order valence-corrected chi connectivity index (χ0v) is 39.9. The second-order valence-electron chi connectivity index (χ2n) is 20.7. The summed E-state index contributed by atoms with van der Waals surface area (Å²) in [5.74, 6) is 0. The van der Waals surface area contributed by atoms with Crippen molar-refractivity contribution in [1.82, 2.24) is 0 Å². The van der Waals surface area contributed by atoms with Gasteiger partial charge in [-0.2, -0.15) is 0 Å². The van der Waals surface area contributed by atoms with E-state index in [2.05, 4.69) is 258 Å². The molecule has 2 aliphatic rings. The summed E-state index contributed by atoms with van der Waals surface area (Å²) in [6, 6.07) is 86.8. The van der Waals surface area contributed by atoms with Crippen molar-refractivity contribution in [1.29, 1.82) is 0 Å². The highest BCUT2D eigenvalue weighted by Gasteiger charge is 2.38. The molecule has 0 spiro atoms. The summed E-state index contributed by atoms with van der Waals surface area (Å²) >= 11 is 0. The van der Waals surface area contributed by atoms with Gasteiger partial charge in [0.05, 0.1) is 0 Å². The molecule has 12 aromatic rings. The predicted molar refractivity (Wildman–Crippen MR) is 299 cm³/mol. The number of hydrogen-bond donors (Lipinski definition) is 0. The van der Waals surface area contributed by atoms with E-state index < -0.39 is 0 Å². The van der Waals surface area contributed by atoms with Crippen LogP contribution in [0, 0.1) is 0 Å². The Balaban J connectivity index is 0.930. The first-order valence-electron chi connectivity index (χ1n) is 24.8. The van der Waals surface area contributed by atoms with Gasteiger partial charge in [-0.1, -0.05) is 234 Å².